The second kappa shape index (κ2) is 6.70. The largest absolute Gasteiger partial charge is 0.465 e. The summed E-state index contributed by atoms with van der Waals surface area (Å²) in [7, 11) is 1.30. The molecule has 0 saturated heterocycles. The minimum Gasteiger partial charge on any atom is -0.465 e. The van der Waals surface area contributed by atoms with Gasteiger partial charge in [-0.05, 0) is 23.8 Å². The van der Waals surface area contributed by atoms with Crippen LogP contribution in [0.4, 0.5) is 11.4 Å². The lowest BCUT2D eigenvalue weighted by atomic mass is 10.1. The number of halogens is 2. The molecule has 0 fully saturated rings. The smallest absolute Gasteiger partial charge is 0.340 e. The number of esters is 1. The number of carbonyl (C=O) groups is 1. The Bertz CT molecular complexity index is 675. The van der Waals surface area contributed by atoms with Crippen molar-refractivity contribution in [2.75, 3.05) is 18.2 Å². The lowest BCUT2D eigenvalue weighted by molar-refractivity contribution is 0.0602. The summed E-state index contributed by atoms with van der Waals surface area (Å²) >= 11 is 12.3. The second-order valence-corrected chi connectivity index (χ2v) is 5.18. The normalized spacial score (nSPS) is 10.2. The van der Waals surface area contributed by atoms with Crippen molar-refractivity contribution in [1.29, 1.82) is 0 Å². The summed E-state index contributed by atoms with van der Waals surface area (Å²) < 4.78 is 4.74. The molecule has 0 heterocycles. The molecule has 0 aliphatic heterocycles. The van der Waals surface area contributed by atoms with Gasteiger partial charge in [-0.25, -0.2) is 4.79 Å². The molecule has 0 atom stereocenters. The van der Waals surface area contributed by atoms with E-state index in [9.17, 15) is 4.79 Å². The molecule has 0 aromatic heterocycles. The number of nitrogen functional groups attached to an aromatic ring is 1. The van der Waals surface area contributed by atoms with E-state index < -0.39 is 5.97 Å². The van der Waals surface area contributed by atoms with Gasteiger partial charge in [-0.3, -0.25) is 0 Å². The lowest BCUT2D eigenvalue weighted by Gasteiger charge is -2.14. The lowest BCUT2D eigenvalue weighted by Crippen LogP contribution is -2.10. The third-order valence-corrected chi connectivity index (χ3v) is 3.60. The summed E-state index contributed by atoms with van der Waals surface area (Å²) in [4.78, 5) is 11.8. The fourth-order valence-electron chi connectivity index (χ4n) is 1.90. The van der Waals surface area contributed by atoms with Crippen molar-refractivity contribution in [3.05, 3.63) is 57.6 Å². The summed E-state index contributed by atoms with van der Waals surface area (Å²) in [6, 6.07) is 10.5. The van der Waals surface area contributed by atoms with Gasteiger partial charge in [0.15, 0.2) is 0 Å². The summed E-state index contributed by atoms with van der Waals surface area (Å²) in [5.74, 6) is -0.508. The van der Waals surface area contributed by atoms with E-state index in [-0.39, 0.29) is 5.56 Å². The molecule has 0 spiro atoms. The Morgan fingerprint density at radius 2 is 1.95 bits per heavy atom. The Morgan fingerprint density at radius 1 is 1.24 bits per heavy atom. The molecule has 0 saturated carbocycles. The zero-order chi connectivity index (χ0) is 15.4. The quantitative estimate of drug-likeness (QED) is 0.659. The van der Waals surface area contributed by atoms with Crippen LogP contribution in [-0.2, 0) is 11.3 Å². The summed E-state index contributed by atoms with van der Waals surface area (Å²) in [5.41, 5.74) is 7.75. The molecule has 4 nitrogen and oxygen atoms in total. The average molecular weight is 325 g/mol. The second-order valence-electron chi connectivity index (χ2n) is 4.36. The Morgan fingerprint density at radius 3 is 2.62 bits per heavy atom. The Kier molecular flexibility index (Phi) is 4.94. The maximum Gasteiger partial charge on any atom is 0.340 e. The molecule has 0 unspecified atom stereocenters. The molecular formula is C15H14Cl2N2O2. The molecule has 0 aliphatic rings. The summed E-state index contributed by atoms with van der Waals surface area (Å²) in [6.45, 7) is 0.424. The molecule has 3 N–H and O–H groups in total. The van der Waals surface area contributed by atoms with Crippen LogP contribution < -0.4 is 11.1 Å². The number of carbonyl (C=O) groups excluding carboxylic acids is 1. The number of methoxy groups -OCH3 is 1. The predicted molar refractivity (Wildman–Crippen MR) is 86.0 cm³/mol. The van der Waals surface area contributed by atoms with Gasteiger partial charge in [-0.15, -0.1) is 0 Å². The van der Waals surface area contributed by atoms with Crippen molar-refractivity contribution in [2.45, 2.75) is 6.54 Å². The number of nitrogens with two attached hydrogens (primary N) is 1. The average Bonchev–Trinajstić information content (AvgIpc) is 2.46. The van der Waals surface area contributed by atoms with Gasteiger partial charge in [0.1, 0.15) is 0 Å². The predicted octanol–water partition coefficient (Wildman–Crippen LogP) is 3.97. The van der Waals surface area contributed by atoms with Gasteiger partial charge >= 0.3 is 5.97 Å². The fourth-order valence-corrected chi connectivity index (χ4v) is 2.40. The number of hydrogen-bond acceptors (Lipinski definition) is 4. The van der Waals surface area contributed by atoms with E-state index >= 15 is 0 Å². The molecule has 2 aromatic carbocycles. The van der Waals surface area contributed by atoms with Crippen molar-refractivity contribution in [2.24, 2.45) is 0 Å². The number of rotatable bonds is 4. The van der Waals surface area contributed by atoms with Gasteiger partial charge in [0.05, 0.1) is 23.4 Å². The monoisotopic (exact) mass is 324 g/mol. The van der Waals surface area contributed by atoms with Crippen LogP contribution in [-0.4, -0.2) is 13.1 Å². The van der Waals surface area contributed by atoms with Crippen LogP contribution in [0, 0.1) is 0 Å². The zero-order valence-corrected chi connectivity index (χ0v) is 12.8. The van der Waals surface area contributed by atoms with E-state index in [1.165, 1.54) is 13.2 Å². The number of nitrogens with one attached hydrogen (secondary N) is 1. The maximum absolute atomic E-state index is 11.8. The first-order chi connectivity index (χ1) is 10.0. The SMILES string of the molecule is COC(=O)c1cc(N)cc(Cl)c1NCc1ccccc1Cl. The first-order valence-electron chi connectivity index (χ1n) is 6.17. The van der Waals surface area contributed by atoms with Gasteiger partial charge in [-0.2, -0.15) is 0 Å². The molecule has 2 aromatic rings. The third kappa shape index (κ3) is 3.60. The number of benzene rings is 2. The number of anilines is 2. The van der Waals surface area contributed by atoms with Gasteiger partial charge in [0.2, 0.25) is 0 Å². The third-order valence-electron chi connectivity index (χ3n) is 2.93. The summed E-state index contributed by atoms with van der Waals surface area (Å²) in [5, 5.41) is 4.09. The van der Waals surface area contributed by atoms with Crippen LogP contribution in [0.15, 0.2) is 36.4 Å². The molecule has 0 bridgehead atoms. The van der Waals surface area contributed by atoms with Gasteiger partial charge in [0.25, 0.3) is 0 Å². The van der Waals surface area contributed by atoms with Gasteiger partial charge in [-0.1, -0.05) is 41.4 Å². The highest BCUT2D eigenvalue weighted by atomic mass is 35.5. The van der Waals surface area contributed by atoms with Gasteiger partial charge < -0.3 is 15.8 Å². The summed E-state index contributed by atoms with van der Waals surface area (Å²) in [6.07, 6.45) is 0. The molecular weight excluding hydrogens is 311 g/mol. The van der Waals surface area contributed by atoms with Crippen LogP contribution in [0.2, 0.25) is 10.0 Å². The van der Waals surface area contributed by atoms with Crippen molar-refractivity contribution in [1.82, 2.24) is 0 Å². The number of hydrogen-bond donors (Lipinski definition) is 2. The Balaban J connectivity index is 2.31. The van der Waals surface area contributed by atoms with Crippen molar-refractivity contribution in [3.8, 4) is 0 Å². The standard InChI is InChI=1S/C15H14Cl2N2O2/c1-21-15(20)11-6-10(18)7-13(17)14(11)19-8-9-4-2-3-5-12(9)16/h2-7,19H,8,18H2,1H3. The molecule has 21 heavy (non-hydrogen) atoms. The minimum atomic E-state index is -0.508. The van der Waals surface area contributed by atoms with Crippen molar-refractivity contribution >= 4 is 40.5 Å². The molecule has 2 rings (SSSR count). The highest BCUT2D eigenvalue weighted by molar-refractivity contribution is 6.34. The highest BCUT2D eigenvalue weighted by Crippen LogP contribution is 2.30. The van der Waals surface area contributed by atoms with E-state index in [1.54, 1.807) is 12.1 Å². The van der Waals surface area contributed by atoms with E-state index in [2.05, 4.69) is 5.32 Å². The van der Waals surface area contributed by atoms with Gasteiger partial charge in [0, 0.05) is 17.3 Å². The maximum atomic E-state index is 11.8. The van der Waals surface area contributed by atoms with Crippen LogP contribution >= 0.6 is 23.2 Å². The Labute approximate surface area is 132 Å². The number of ether oxygens (including phenoxy) is 1. The van der Waals surface area contributed by atoms with Crippen LogP contribution in [0.1, 0.15) is 15.9 Å². The molecule has 0 aliphatic carbocycles. The van der Waals surface area contributed by atoms with Crippen LogP contribution in [0.25, 0.3) is 0 Å². The van der Waals surface area contributed by atoms with Crippen molar-refractivity contribution in [3.63, 3.8) is 0 Å². The fraction of sp³-hybridized carbons (Fsp3) is 0.133. The van der Waals surface area contributed by atoms with Crippen molar-refractivity contribution < 1.29 is 9.53 Å². The first-order valence-corrected chi connectivity index (χ1v) is 6.93. The first kappa shape index (κ1) is 15.5. The molecule has 110 valence electrons. The highest BCUT2D eigenvalue weighted by Gasteiger charge is 2.16. The molecule has 0 amide bonds. The van der Waals surface area contributed by atoms with E-state index in [0.717, 1.165) is 5.56 Å². The topological polar surface area (TPSA) is 64.3 Å². The zero-order valence-electron chi connectivity index (χ0n) is 11.3. The minimum absolute atomic E-state index is 0.287. The van der Waals surface area contributed by atoms with E-state index in [1.807, 2.05) is 18.2 Å². The molecule has 0 radical (unpaired) electrons. The Hall–Kier alpha value is -1.91. The van der Waals surface area contributed by atoms with E-state index in [0.29, 0.717) is 28.0 Å². The molecule has 6 heteroatoms. The van der Waals surface area contributed by atoms with Crippen LogP contribution in [0.3, 0.4) is 0 Å². The van der Waals surface area contributed by atoms with Crippen LogP contribution in [0.5, 0.6) is 0 Å². The van der Waals surface area contributed by atoms with E-state index in [4.69, 9.17) is 33.7 Å².